The van der Waals surface area contributed by atoms with E-state index in [-0.39, 0.29) is 23.9 Å². The molecule has 1 fully saturated rings. The Morgan fingerprint density at radius 3 is 2.63 bits per heavy atom. The van der Waals surface area contributed by atoms with Crippen LogP contribution in [0.15, 0.2) is 42.5 Å². The second kappa shape index (κ2) is 9.79. The number of nitrogens with zero attached hydrogens (tertiary/aromatic N) is 1. The summed E-state index contributed by atoms with van der Waals surface area (Å²) >= 11 is 0. The van der Waals surface area contributed by atoms with Gasteiger partial charge in [-0.3, -0.25) is 4.79 Å². The molecule has 30 heavy (non-hydrogen) atoms. The van der Waals surface area contributed by atoms with Crippen LogP contribution in [-0.2, 0) is 6.54 Å². The summed E-state index contributed by atoms with van der Waals surface area (Å²) in [7, 11) is 0. The topological polar surface area (TPSA) is 61.4 Å². The molecule has 5 nitrogen and oxygen atoms in total. The highest BCUT2D eigenvalue weighted by Crippen LogP contribution is 2.27. The Bertz CT molecular complexity index is 907. The Morgan fingerprint density at radius 2 is 1.90 bits per heavy atom. The van der Waals surface area contributed by atoms with Gasteiger partial charge in [0.2, 0.25) is 0 Å². The highest BCUT2D eigenvalue weighted by molar-refractivity contribution is 5.94. The van der Waals surface area contributed by atoms with Crippen LogP contribution in [0.2, 0.25) is 0 Å². The van der Waals surface area contributed by atoms with Crippen LogP contribution < -0.4 is 10.6 Å². The molecule has 1 heterocycles. The number of hydrogen-bond donors (Lipinski definition) is 2. The van der Waals surface area contributed by atoms with Gasteiger partial charge < -0.3 is 15.5 Å². The van der Waals surface area contributed by atoms with Gasteiger partial charge in [0, 0.05) is 37.2 Å². The number of benzene rings is 2. The minimum atomic E-state index is -0.0692. The van der Waals surface area contributed by atoms with Crippen LogP contribution >= 0.6 is 0 Å². The Balaban J connectivity index is 1.64. The number of hydrogen-bond acceptors (Lipinski definition) is 2. The van der Waals surface area contributed by atoms with Crippen LogP contribution in [0.25, 0.3) is 0 Å². The molecule has 0 aliphatic carbocycles. The van der Waals surface area contributed by atoms with Crippen molar-refractivity contribution in [1.82, 2.24) is 15.5 Å². The molecule has 2 aromatic carbocycles. The van der Waals surface area contributed by atoms with Gasteiger partial charge in [-0.05, 0) is 74.9 Å². The van der Waals surface area contributed by atoms with Crippen LogP contribution in [0.1, 0.15) is 65.2 Å². The molecule has 0 bridgehead atoms. The number of carbonyl (C=O) groups is 2. The lowest BCUT2D eigenvalue weighted by Crippen LogP contribution is -2.47. The second-order valence-electron chi connectivity index (χ2n) is 8.62. The van der Waals surface area contributed by atoms with Crippen LogP contribution in [0.5, 0.6) is 0 Å². The van der Waals surface area contributed by atoms with Crippen LogP contribution in [-0.4, -0.2) is 36.0 Å². The van der Waals surface area contributed by atoms with Crippen molar-refractivity contribution < 1.29 is 9.59 Å². The van der Waals surface area contributed by atoms with E-state index in [1.807, 2.05) is 36.9 Å². The molecule has 0 spiro atoms. The van der Waals surface area contributed by atoms with E-state index in [0.29, 0.717) is 18.7 Å². The first-order valence-electron chi connectivity index (χ1n) is 10.8. The number of nitrogens with one attached hydrogen (secondary N) is 2. The van der Waals surface area contributed by atoms with Gasteiger partial charge in [-0.2, -0.15) is 0 Å². The molecule has 1 aliphatic rings. The molecule has 2 aromatic rings. The Labute approximate surface area is 179 Å². The van der Waals surface area contributed by atoms with E-state index in [0.717, 1.165) is 30.5 Å². The highest BCUT2D eigenvalue weighted by Gasteiger charge is 2.25. The molecular formula is C25H33N3O2. The van der Waals surface area contributed by atoms with Crippen molar-refractivity contribution in [3.63, 3.8) is 0 Å². The maximum absolute atomic E-state index is 12.7. The van der Waals surface area contributed by atoms with Crippen molar-refractivity contribution >= 4 is 11.9 Å². The van der Waals surface area contributed by atoms with Crippen LogP contribution in [0.3, 0.4) is 0 Å². The molecule has 0 radical (unpaired) electrons. The number of aryl methyl sites for hydroxylation is 2. The predicted octanol–water partition coefficient (Wildman–Crippen LogP) is 4.53. The summed E-state index contributed by atoms with van der Waals surface area (Å²) in [4.78, 5) is 27.0. The fourth-order valence-corrected chi connectivity index (χ4v) is 3.90. The average Bonchev–Trinajstić information content (AvgIpc) is 2.74. The molecule has 3 amide bonds. The van der Waals surface area contributed by atoms with E-state index in [9.17, 15) is 9.59 Å². The fourth-order valence-electron chi connectivity index (χ4n) is 3.90. The molecule has 1 atom stereocenters. The zero-order valence-corrected chi connectivity index (χ0v) is 18.5. The summed E-state index contributed by atoms with van der Waals surface area (Å²) in [6.07, 6.45) is 2.00. The van der Waals surface area contributed by atoms with Crippen molar-refractivity contribution in [2.45, 2.75) is 59.0 Å². The number of urea groups is 1. The third-order valence-electron chi connectivity index (χ3n) is 5.77. The summed E-state index contributed by atoms with van der Waals surface area (Å²) in [6.45, 7) is 10.1. The van der Waals surface area contributed by atoms with Crippen molar-refractivity contribution in [1.29, 1.82) is 0 Å². The lowest BCUT2D eigenvalue weighted by molar-refractivity contribution is 0.0950. The van der Waals surface area contributed by atoms with Gasteiger partial charge in [0.1, 0.15) is 0 Å². The van der Waals surface area contributed by atoms with Gasteiger partial charge in [-0.25, -0.2) is 4.79 Å². The molecular weight excluding hydrogens is 374 g/mol. The minimum Gasteiger partial charge on any atom is -0.348 e. The fraction of sp³-hybridized carbons (Fsp3) is 0.440. The standard InChI is InChI=1S/C25H33N3O2/c1-17(2)27-25(30)28-12-6-9-23(16-28)21-7-5-8-22(14-21)24(29)26-15-20-11-10-18(3)19(4)13-20/h5,7-8,10-11,13-14,17,23H,6,9,12,15-16H2,1-4H3,(H,26,29)(H,27,30)/t23-/m1/s1. The van der Waals surface area contributed by atoms with Gasteiger partial charge in [-0.15, -0.1) is 0 Å². The monoisotopic (exact) mass is 407 g/mol. The van der Waals surface area contributed by atoms with Crippen molar-refractivity contribution in [2.24, 2.45) is 0 Å². The second-order valence-corrected chi connectivity index (χ2v) is 8.62. The van der Waals surface area contributed by atoms with Gasteiger partial charge in [-0.1, -0.05) is 30.3 Å². The Kier molecular flexibility index (Phi) is 7.14. The zero-order valence-electron chi connectivity index (χ0n) is 18.5. The maximum atomic E-state index is 12.7. The van der Waals surface area contributed by atoms with E-state index in [1.165, 1.54) is 11.1 Å². The van der Waals surface area contributed by atoms with Gasteiger partial charge >= 0.3 is 6.03 Å². The summed E-state index contributed by atoms with van der Waals surface area (Å²) < 4.78 is 0. The number of carbonyl (C=O) groups excluding carboxylic acids is 2. The lowest BCUT2D eigenvalue weighted by atomic mass is 9.89. The molecule has 1 saturated heterocycles. The number of amides is 3. The van der Waals surface area contributed by atoms with Crippen LogP contribution in [0.4, 0.5) is 4.79 Å². The largest absolute Gasteiger partial charge is 0.348 e. The van der Waals surface area contributed by atoms with Crippen molar-refractivity contribution in [2.75, 3.05) is 13.1 Å². The molecule has 0 saturated carbocycles. The smallest absolute Gasteiger partial charge is 0.317 e. The Morgan fingerprint density at radius 1 is 1.10 bits per heavy atom. The quantitative estimate of drug-likeness (QED) is 0.765. The Hall–Kier alpha value is -2.82. The molecule has 1 aliphatic heterocycles. The molecule has 2 N–H and O–H groups in total. The van der Waals surface area contributed by atoms with E-state index < -0.39 is 0 Å². The van der Waals surface area contributed by atoms with E-state index in [2.05, 4.69) is 48.7 Å². The predicted molar refractivity (Wildman–Crippen MR) is 121 cm³/mol. The normalized spacial score (nSPS) is 16.4. The SMILES string of the molecule is Cc1ccc(CNC(=O)c2cccc([C@@H]3CCCN(C(=O)NC(C)C)C3)c2)cc1C. The third-order valence-corrected chi connectivity index (χ3v) is 5.77. The first-order valence-corrected chi connectivity index (χ1v) is 10.8. The van der Waals surface area contributed by atoms with Gasteiger partial charge in [0.15, 0.2) is 0 Å². The maximum Gasteiger partial charge on any atom is 0.317 e. The molecule has 3 rings (SSSR count). The van der Waals surface area contributed by atoms with E-state index >= 15 is 0 Å². The summed E-state index contributed by atoms with van der Waals surface area (Å²) in [5.74, 6) is 0.185. The molecule has 0 unspecified atom stereocenters. The van der Waals surface area contributed by atoms with Gasteiger partial charge in [0.25, 0.3) is 5.91 Å². The van der Waals surface area contributed by atoms with Crippen molar-refractivity contribution in [3.8, 4) is 0 Å². The van der Waals surface area contributed by atoms with E-state index in [1.54, 1.807) is 0 Å². The summed E-state index contributed by atoms with van der Waals surface area (Å²) in [6, 6.07) is 14.2. The minimum absolute atomic E-state index is 0.00279. The molecule has 0 aromatic heterocycles. The average molecular weight is 408 g/mol. The molecule has 5 heteroatoms. The highest BCUT2D eigenvalue weighted by atomic mass is 16.2. The first-order chi connectivity index (χ1) is 14.3. The first kappa shape index (κ1) is 21.9. The van der Waals surface area contributed by atoms with Crippen molar-refractivity contribution in [3.05, 3.63) is 70.3 Å². The number of rotatable bonds is 5. The molecule has 160 valence electrons. The zero-order chi connectivity index (χ0) is 21.7. The number of piperidine rings is 1. The number of likely N-dealkylation sites (tertiary alicyclic amines) is 1. The van der Waals surface area contributed by atoms with Crippen LogP contribution in [0, 0.1) is 13.8 Å². The third kappa shape index (κ3) is 5.62. The van der Waals surface area contributed by atoms with E-state index in [4.69, 9.17) is 0 Å². The van der Waals surface area contributed by atoms with Gasteiger partial charge in [0.05, 0.1) is 0 Å². The summed E-state index contributed by atoms with van der Waals surface area (Å²) in [5, 5.41) is 6.00. The lowest BCUT2D eigenvalue weighted by Gasteiger charge is -2.33. The summed E-state index contributed by atoms with van der Waals surface area (Å²) in [5.41, 5.74) is 5.37.